The normalized spacial score (nSPS) is 24.8. The lowest BCUT2D eigenvalue weighted by Gasteiger charge is -2.32. The first-order valence-corrected chi connectivity index (χ1v) is 12.2. The van der Waals surface area contributed by atoms with Gasteiger partial charge in [-0.25, -0.2) is 29.0 Å². The van der Waals surface area contributed by atoms with Gasteiger partial charge >= 0.3 is 24.4 Å². The Kier molecular flexibility index (Phi) is 8.22. The van der Waals surface area contributed by atoms with Crippen molar-refractivity contribution in [3.8, 4) is 0 Å². The highest BCUT2D eigenvalue weighted by Crippen LogP contribution is 2.26. The number of epoxide rings is 4. The lowest BCUT2D eigenvalue weighted by Crippen LogP contribution is -2.49. The van der Waals surface area contributed by atoms with Crippen LogP contribution in [0.5, 0.6) is 0 Å². The first-order valence-electron chi connectivity index (χ1n) is 12.2. The Morgan fingerprint density at radius 3 is 1.39 bits per heavy atom. The van der Waals surface area contributed by atoms with Crippen molar-refractivity contribution in [2.24, 2.45) is 0 Å². The number of carbonyl (C=O) groups excluding carboxylic acids is 4. The van der Waals surface area contributed by atoms with Crippen molar-refractivity contribution < 1.29 is 57.1 Å². The minimum atomic E-state index is -1.20. The molecule has 1 aromatic carbocycles. The van der Waals surface area contributed by atoms with Crippen LogP contribution in [0, 0.1) is 0 Å². The number of amides is 4. The molecule has 0 saturated carbocycles. The average Bonchev–Trinajstić information content (AvgIpc) is 3.76. The second-order valence-electron chi connectivity index (χ2n) is 9.04. The highest BCUT2D eigenvalue weighted by Gasteiger charge is 2.41. The summed E-state index contributed by atoms with van der Waals surface area (Å²) in [6.07, 6.45) is -5.14. The molecule has 14 heteroatoms. The van der Waals surface area contributed by atoms with Gasteiger partial charge in [0.05, 0.1) is 39.0 Å². The van der Waals surface area contributed by atoms with E-state index in [4.69, 9.17) is 37.9 Å². The molecule has 4 saturated heterocycles. The Morgan fingerprint density at radius 2 is 1.03 bits per heavy atom. The predicted molar refractivity (Wildman–Crippen MR) is 122 cm³/mol. The fraction of sp³-hybridized carbons (Fsp3) is 0.583. The quantitative estimate of drug-likeness (QED) is 0.280. The van der Waals surface area contributed by atoms with Crippen LogP contribution in [0.25, 0.3) is 0 Å². The Balaban J connectivity index is 1.38. The van der Waals surface area contributed by atoms with Gasteiger partial charge in [-0.1, -0.05) is 30.3 Å². The van der Waals surface area contributed by atoms with Crippen molar-refractivity contribution in [3.05, 3.63) is 35.9 Å². The third-order valence-corrected chi connectivity index (χ3v) is 5.87. The molecule has 0 spiro atoms. The Labute approximate surface area is 217 Å². The van der Waals surface area contributed by atoms with Crippen molar-refractivity contribution in [1.29, 1.82) is 0 Å². The van der Waals surface area contributed by atoms with Gasteiger partial charge in [-0.2, -0.15) is 0 Å². The summed E-state index contributed by atoms with van der Waals surface area (Å²) in [6, 6.07) is 7.17. The zero-order valence-corrected chi connectivity index (χ0v) is 20.4. The Hall–Kier alpha value is -3.46. The van der Waals surface area contributed by atoms with E-state index in [9.17, 15) is 19.2 Å². The first-order chi connectivity index (χ1) is 18.5. The number of carbonyl (C=O) groups is 4. The summed E-state index contributed by atoms with van der Waals surface area (Å²) in [7, 11) is 0. The van der Waals surface area contributed by atoms with Gasteiger partial charge < -0.3 is 37.9 Å². The van der Waals surface area contributed by atoms with Crippen molar-refractivity contribution in [3.63, 3.8) is 0 Å². The summed E-state index contributed by atoms with van der Waals surface area (Å²) in [4.78, 5) is 53.8. The van der Waals surface area contributed by atoms with Crippen molar-refractivity contribution in [2.45, 2.75) is 30.5 Å². The molecule has 5 unspecified atom stereocenters. The SMILES string of the molecule is O=C(OCC1CO1)N(CC(c1ccccc1)N(C(=O)OCC1CO1)C(=O)OCC1CO1)C(=O)OCC1CO1. The summed E-state index contributed by atoms with van der Waals surface area (Å²) in [5.41, 5.74) is 0.424. The molecule has 4 heterocycles. The van der Waals surface area contributed by atoms with E-state index in [-0.39, 0.29) is 50.8 Å². The Morgan fingerprint density at radius 1 is 0.658 bits per heavy atom. The fourth-order valence-corrected chi connectivity index (χ4v) is 3.35. The molecule has 5 rings (SSSR count). The van der Waals surface area contributed by atoms with E-state index in [1.54, 1.807) is 30.3 Å². The molecule has 0 N–H and O–H groups in total. The highest BCUT2D eigenvalue weighted by atomic mass is 16.6. The van der Waals surface area contributed by atoms with E-state index in [0.29, 0.717) is 36.9 Å². The maximum absolute atomic E-state index is 13.2. The van der Waals surface area contributed by atoms with E-state index in [0.717, 1.165) is 4.90 Å². The van der Waals surface area contributed by atoms with Crippen molar-refractivity contribution >= 4 is 24.4 Å². The molecule has 0 aliphatic carbocycles. The lowest BCUT2D eigenvalue weighted by molar-refractivity contribution is 0.0392. The van der Waals surface area contributed by atoms with E-state index >= 15 is 0 Å². The molecule has 5 atom stereocenters. The molecule has 0 radical (unpaired) electrons. The average molecular weight is 536 g/mol. The third kappa shape index (κ3) is 7.77. The highest BCUT2D eigenvalue weighted by molar-refractivity contribution is 5.90. The molecular weight excluding hydrogens is 508 g/mol. The van der Waals surface area contributed by atoms with Gasteiger partial charge in [0, 0.05) is 0 Å². The summed E-state index contributed by atoms with van der Waals surface area (Å²) < 4.78 is 41.3. The maximum atomic E-state index is 13.2. The van der Waals surface area contributed by atoms with Crippen LogP contribution in [0.4, 0.5) is 19.2 Å². The van der Waals surface area contributed by atoms with E-state index in [2.05, 4.69) is 0 Å². The molecule has 206 valence electrons. The number of imide groups is 2. The van der Waals surface area contributed by atoms with Gasteiger partial charge in [0.15, 0.2) is 0 Å². The predicted octanol–water partition coefficient (Wildman–Crippen LogP) is 1.47. The van der Waals surface area contributed by atoms with Crippen molar-refractivity contribution in [2.75, 3.05) is 59.4 Å². The van der Waals surface area contributed by atoms with Gasteiger partial charge in [0.1, 0.15) is 50.8 Å². The molecule has 1 aromatic rings. The molecular formula is C24H28N2O12. The van der Waals surface area contributed by atoms with Crippen LogP contribution in [0.3, 0.4) is 0 Å². The maximum Gasteiger partial charge on any atom is 0.420 e. The number of hydrogen-bond donors (Lipinski definition) is 0. The smallest absolute Gasteiger partial charge is 0.420 e. The van der Waals surface area contributed by atoms with E-state index in [1.165, 1.54) is 0 Å². The van der Waals surface area contributed by atoms with Gasteiger partial charge in [-0.15, -0.1) is 0 Å². The summed E-state index contributed by atoms with van der Waals surface area (Å²) in [6.45, 7) is 0.942. The van der Waals surface area contributed by atoms with Gasteiger partial charge in [0.2, 0.25) is 0 Å². The minimum absolute atomic E-state index is 0.0685. The number of hydrogen-bond acceptors (Lipinski definition) is 12. The second kappa shape index (κ2) is 11.9. The largest absolute Gasteiger partial charge is 0.446 e. The molecule has 38 heavy (non-hydrogen) atoms. The molecule has 4 aliphatic rings. The molecule has 4 aliphatic heterocycles. The molecule has 4 fully saturated rings. The van der Waals surface area contributed by atoms with Crippen LogP contribution in [0.15, 0.2) is 30.3 Å². The molecule has 0 bridgehead atoms. The number of ether oxygens (including phenoxy) is 8. The monoisotopic (exact) mass is 536 g/mol. The minimum Gasteiger partial charge on any atom is -0.446 e. The zero-order chi connectivity index (χ0) is 26.5. The lowest BCUT2D eigenvalue weighted by atomic mass is 10.1. The zero-order valence-electron chi connectivity index (χ0n) is 20.4. The summed E-state index contributed by atoms with van der Waals surface area (Å²) in [5.74, 6) is 0. The first kappa shape index (κ1) is 26.2. The van der Waals surface area contributed by atoms with Crippen LogP contribution in [-0.4, -0.2) is 118 Å². The Bertz CT molecular complexity index is 951. The summed E-state index contributed by atoms with van der Waals surface area (Å²) >= 11 is 0. The van der Waals surface area contributed by atoms with Crippen LogP contribution >= 0.6 is 0 Å². The standard InChI is InChI=1S/C24H28N2O12/c27-21(35-11-16-7-31-16)25(22(28)36-12-17-8-32-17)6-20(15-4-2-1-3-5-15)26(23(29)37-13-18-9-33-18)24(30)38-14-19-10-34-19/h1-5,16-20H,6-14H2. The molecule has 4 amide bonds. The number of nitrogens with zero attached hydrogens (tertiary/aromatic N) is 2. The van der Waals surface area contributed by atoms with E-state index < -0.39 is 37.0 Å². The van der Waals surface area contributed by atoms with Gasteiger partial charge in [-0.3, -0.25) is 0 Å². The number of rotatable bonds is 12. The van der Waals surface area contributed by atoms with Gasteiger partial charge in [0.25, 0.3) is 0 Å². The van der Waals surface area contributed by atoms with Crippen LogP contribution < -0.4 is 0 Å². The topological polar surface area (TPSA) is 162 Å². The van der Waals surface area contributed by atoms with Crippen LogP contribution in [0.2, 0.25) is 0 Å². The van der Waals surface area contributed by atoms with E-state index in [1.807, 2.05) is 0 Å². The fourth-order valence-electron chi connectivity index (χ4n) is 3.35. The van der Waals surface area contributed by atoms with Crippen LogP contribution in [-0.2, 0) is 37.9 Å². The van der Waals surface area contributed by atoms with Crippen LogP contribution in [0.1, 0.15) is 11.6 Å². The van der Waals surface area contributed by atoms with Gasteiger partial charge in [-0.05, 0) is 5.56 Å². The molecule has 14 nitrogen and oxygen atoms in total. The molecule has 0 aromatic heterocycles. The van der Waals surface area contributed by atoms with Crippen molar-refractivity contribution in [1.82, 2.24) is 9.80 Å². The third-order valence-electron chi connectivity index (χ3n) is 5.87. The number of benzene rings is 1. The second-order valence-corrected chi connectivity index (χ2v) is 9.04. The summed E-state index contributed by atoms with van der Waals surface area (Å²) in [5, 5.41) is 0.